The highest BCUT2D eigenvalue weighted by Crippen LogP contribution is 2.33. The number of carbonyl (C=O) groups excluding carboxylic acids is 3. The van der Waals surface area contributed by atoms with Gasteiger partial charge in [-0.15, -0.1) is 0 Å². The van der Waals surface area contributed by atoms with Crippen molar-refractivity contribution in [2.45, 2.75) is 39.9 Å². The Kier molecular flexibility index (Phi) is 6.72. The van der Waals surface area contributed by atoms with Crippen LogP contribution in [-0.2, 0) is 14.3 Å². The Morgan fingerprint density at radius 1 is 1.23 bits per heavy atom. The third-order valence-corrected chi connectivity index (χ3v) is 4.35. The average Bonchev–Trinajstić information content (AvgIpc) is 2.76. The summed E-state index contributed by atoms with van der Waals surface area (Å²) in [6.07, 6.45) is 1.23. The van der Waals surface area contributed by atoms with Crippen LogP contribution >= 0.6 is 23.4 Å². The van der Waals surface area contributed by atoms with Crippen LogP contribution < -0.4 is 4.74 Å². The van der Waals surface area contributed by atoms with Gasteiger partial charge in [-0.25, -0.2) is 0 Å². The number of hydrogen-bond acceptors (Lipinski definition) is 6. The smallest absolute Gasteiger partial charge is 0.326 e. The van der Waals surface area contributed by atoms with E-state index in [9.17, 15) is 14.4 Å². The minimum atomic E-state index is -0.623. The van der Waals surface area contributed by atoms with Gasteiger partial charge in [-0.2, -0.15) is 0 Å². The molecule has 0 aliphatic carbocycles. The number of hydrogen-bond donors (Lipinski definition) is 0. The van der Waals surface area contributed by atoms with Crippen molar-refractivity contribution in [1.82, 2.24) is 4.90 Å². The number of halogens is 1. The molecule has 0 spiro atoms. The standard InChI is InChI=1S/C18H20ClNO5S/c1-10(2)24-14-6-5-12(7-13(14)19)8-15-17(22)20(18(23)26-15)9-16(21)25-11(3)4/h5-8,10-11H,9H2,1-4H3/b15-8+. The van der Waals surface area contributed by atoms with E-state index in [0.717, 1.165) is 16.7 Å². The first-order valence-corrected chi connectivity index (χ1v) is 9.28. The van der Waals surface area contributed by atoms with Crippen LogP contribution in [0.3, 0.4) is 0 Å². The molecule has 1 aromatic rings. The van der Waals surface area contributed by atoms with E-state index in [1.54, 1.807) is 38.1 Å². The van der Waals surface area contributed by atoms with Crippen LogP contribution in [-0.4, -0.2) is 40.8 Å². The molecule has 8 heteroatoms. The highest BCUT2D eigenvalue weighted by atomic mass is 35.5. The number of nitrogens with zero attached hydrogens (tertiary/aromatic N) is 1. The molecule has 1 aliphatic heterocycles. The molecular weight excluding hydrogens is 378 g/mol. The molecule has 140 valence electrons. The number of amides is 2. The Morgan fingerprint density at radius 3 is 2.50 bits per heavy atom. The molecule has 1 heterocycles. The fourth-order valence-corrected chi connectivity index (χ4v) is 3.25. The minimum Gasteiger partial charge on any atom is -0.489 e. The van der Waals surface area contributed by atoms with Gasteiger partial charge in [0.2, 0.25) is 0 Å². The van der Waals surface area contributed by atoms with Crippen LogP contribution in [0, 0.1) is 0 Å². The molecule has 0 bridgehead atoms. The molecule has 1 aromatic carbocycles. The van der Waals surface area contributed by atoms with Crippen molar-refractivity contribution in [2.24, 2.45) is 0 Å². The highest BCUT2D eigenvalue weighted by molar-refractivity contribution is 8.18. The summed E-state index contributed by atoms with van der Waals surface area (Å²) < 4.78 is 10.5. The van der Waals surface area contributed by atoms with Crippen molar-refractivity contribution < 1.29 is 23.9 Å². The van der Waals surface area contributed by atoms with Gasteiger partial charge in [0.05, 0.1) is 22.1 Å². The molecule has 6 nitrogen and oxygen atoms in total. The van der Waals surface area contributed by atoms with Crippen molar-refractivity contribution in [1.29, 1.82) is 0 Å². The molecule has 2 rings (SSSR count). The predicted octanol–water partition coefficient (Wildman–Crippen LogP) is 4.12. The molecular formula is C18H20ClNO5S. The average molecular weight is 398 g/mol. The zero-order chi connectivity index (χ0) is 19.4. The normalized spacial score (nSPS) is 16.1. The Morgan fingerprint density at radius 2 is 1.92 bits per heavy atom. The van der Waals surface area contributed by atoms with Gasteiger partial charge >= 0.3 is 5.97 Å². The van der Waals surface area contributed by atoms with E-state index in [1.807, 2.05) is 13.8 Å². The highest BCUT2D eigenvalue weighted by Gasteiger charge is 2.36. The third-order valence-electron chi connectivity index (χ3n) is 3.14. The quantitative estimate of drug-likeness (QED) is 0.531. The molecule has 2 amide bonds. The maximum absolute atomic E-state index is 12.4. The number of imide groups is 1. The van der Waals surface area contributed by atoms with E-state index < -0.39 is 23.7 Å². The lowest BCUT2D eigenvalue weighted by Crippen LogP contribution is -2.35. The van der Waals surface area contributed by atoms with Crippen molar-refractivity contribution in [2.75, 3.05) is 6.54 Å². The van der Waals surface area contributed by atoms with Crippen LogP contribution in [0.2, 0.25) is 5.02 Å². The first-order chi connectivity index (χ1) is 12.2. The second-order valence-electron chi connectivity index (χ2n) is 6.16. The van der Waals surface area contributed by atoms with Gasteiger partial charge in [0.1, 0.15) is 12.3 Å². The Labute approximate surface area is 161 Å². The molecule has 1 aliphatic rings. The van der Waals surface area contributed by atoms with Crippen LogP contribution in [0.4, 0.5) is 4.79 Å². The maximum Gasteiger partial charge on any atom is 0.326 e. The molecule has 1 saturated heterocycles. The summed E-state index contributed by atoms with van der Waals surface area (Å²) in [6.45, 7) is 6.78. The summed E-state index contributed by atoms with van der Waals surface area (Å²) in [5.74, 6) is -0.607. The van der Waals surface area contributed by atoms with E-state index >= 15 is 0 Å². The van der Waals surface area contributed by atoms with Gasteiger partial charge < -0.3 is 9.47 Å². The Hall–Kier alpha value is -1.99. The van der Waals surface area contributed by atoms with Crippen molar-refractivity contribution in [3.63, 3.8) is 0 Å². The molecule has 0 atom stereocenters. The summed E-state index contributed by atoms with van der Waals surface area (Å²) in [4.78, 5) is 37.2. The molecule has 0 saturated carbocycles. The monoisotopic (exact) mass is 397 g/mol. The largest absolute Gasteiger partial charge is 0.489 e. The summed E-state index contributed by atoms with van der Waals surface area (Å²) in [6, 6.07) is 5.10. The van der Waals surface area contributed by atoms with E-state index in [0.29, 0.717) is 16.3 Å². The Balaban J connectivity index is 2.14. The Bertz CT molecular complexity index is 760. The zero-order valence-electron chi connectivity index (χ0n) is 14.9. The van der Waals surface area contributed by atoms with E-state index in [1.165, 1.54) is 0 Å². The van der Waals surface area contributed by atoms with Gasteiger partial charge in [0.15, 0.2) is 0 Å². The summed E-state index contributed by atoms with van der Waals surface area (Å²) in [7, 11) is 0. The lowest BCUT2D eigenvalue weighted by Gasteiger charge is -2.13. The van der Waals surface area contributed by atoms with E-state index in [-0.39, 0.29) is 17.1 Å². The van der Waals surface area contributed by atoms with Crippen LogP contribution in [0.25, 0.3) is 6.08 Å². The van der Waals surface area contributed by atoms with Gasteiger partial charge in [0, 0.05) is 0 Å². The SMILES string of the molecule is CC(C)OC(=O)CN1C(=O)S/C(=C/c2ccc(OC(C)C)c(Cl)c2)C1=O. The maximum atomic E-state index is 12.4. The lowest BCUT2D eigenvalue weighted by molar-refractivity contribution is -0.149. The van der Waals surface area contributed by atoms with Crippen LogP contribution in [0.15, 0.2) is 23.1 Å². The predicted molar refractivity (Wildman–Crippen MR) is 101 cm³/mol. The number of ether oxygens (including phenoxy) is 2. The van der Waals surface area contributed by atoms with Gasteiger partial charge in [-0.3, -0.25) is 19.3 Å². The molecule has 0 unspecified atom stereocenters. The topological polar surface area (TPSA) is 72.9 Å². The first kappa shape index (κ1) is 20.3. The fraction of sp³-hybridized carbons (Fsp3) is 0.389. The van der Waals surface area contributed by atoms with Crippen LogP contribution in [0.1, 0.15) is 33.3 Å². The second kappa shape index (κ2) is 8.60. The van der Waals surface area contributed by atoms with Gasteiger partial charge in [-0.05, 0) is 63.2 Å². The van der Waals surface area contributed by atoms with E-state index in [2.05, 4.69) is 0 Å². The molecule has 0 radical (unpaired) electrons. The van der Waals surface area contributed by atoms with Crippen LogP contribution in [0.5, 0.6) is 5.75 Å². The summed E-state index contributed by atoms with van der Waals surface area (Å²) in [5, 5.41) is -0.0972. The number of rotatable bonds is 6. The van der Waals surface area contributed by atoms with Gasteiger partial charge in [-0.1, -0.05) is 17.7 Å². The molecule has 1 fully saturated rings. The molecule has 0 aromatic heterocycles. The van der Waals surface area contributed by atoms with Gasteiger partial charge in [0.25, 0.3) is 11.1 Å². The fourth-order valence-electron chi connectivity index (χ4n) is 2.17. The minimum absolute atomic E-state index is 0.0135. The van der Waals surface area contributed by atoms with Crippen molar-refractivity contribution in [3.05, 3.63) is 33.7 Å². The summed E-state index contributed by atoms with van der Waals surface area (Å²) in [5.41, 5.74) is 0.654. The number of esters is 1. The summed E-state index contributed by atoms with van der Waals surface area (Å²) >= 11 is 6.96. The molecule has 0 N–H and O–H groups in total. The number of thioether (sulfide) groups is 1. The lowest BCUT2D eigenvalue weighted by atomic mass is 10.2. The number of benzene rings is 1. The number of carbonyl (C=O) groups is 3. The van der Waals surface area contributed by atoms with Crippen molar-refractivity contribution >= 4 is 46.6 Å². The van der Waals surface area contributed by atoms with E-state index in [4.69, 9.17) is 21.1 Å². The molecule has 26 heavy (non-hydrogen) atoms. The van der Waals surface area contributed by atoms with Crippen molar-refractivity contribution in [3.8, 4) is 5.75 Å². The zero-order valence-corrected chi connectivity index (χ0v) is 16.5. The third kappa shape index (κ3) is 5.25. The second-order valence-corrected chi connectivity index (χ2v) is 7.56. The first-order valence-electron chi connectivity index (χ1n) is 8.08.